The van der Waals surface area contributed by atoms with E-state index < -0.39 is 5.91 Å². The number of carbonyl (C=O) groups excluding carboxylic acids is 3. The highest BCUT2D eigenvalue weighted by atomic mass is 16.5. The summed E-state index contributed by atoms with van der Waals surface area (Å²) < 4.78 is 5.09. The van der Waals surface area contributed by atoms with Crippen LogP contribution in [0.2, 0.25) is 0 Å². The minimum Gasteiger partial charge on any atom is -0.455 e. The summed E-state index contributed by atoms with van der Waals surface area (Å²) in [5.41, 5.74) is 1.13. The third-order valence-corrected chi connectivity index (χ3v) is 4.41. The predicted molar refractivity (Wildman–Crippen MR) is 99.8 cm³/mol. The van der Waals surface area contributed by atoms with E-state index in [2.05, 4.69) is 5.32 Å². The van der Waals surface area contributed by atoms with E-state index in [0.717, 1.165) is 12.8 Å². The molecule has 1 aromatic rings. The summed E-state index contributed by atoms with van der Waals surface area (Å²) >= 11 is 0. The van der Waals surface area contributed by atoms with E-state index in [9.17, 15) is 14.4 Å². The molecule has 0 heterocycles. The molecule has 0 fully saturated rings. The lowest BCUT2D eigenvalue weighted by atomic mass is 9.95. The molecule has 1 aliphatic rings. The van der Waals surface area contributed by atoms with Crippen molar-refractivity contribution in [3.05, 3.63) is 42.0 Å². The minimum absolute atomic E-state index is 0.0386. The number of anilines is 1. The van der Waals surface area contributed by atoms with Crippen molar-refractivity contribution in [2.45, 2.75) is 33.1 Å². The first-order valence-electron chi connectivity index (χ1n) is 9.06. The minimum atomic E-state index is -0.396. The number of hydrogen-bond acceptors (Lipinski definition) is 4. The maximum absolute atomic E-state index is 12.2. The Balaban J connectivity index is 1.82. The highest BCUT2D eigenvalue weighted by molar-refractivity contribution is 5.96. The largest absolute Gasteiger partial charge is 0.455 e. The van der Waals surface area contributed by atoms with Gasteiger partial charge in [0.25, 0.3) is 11.8 Å². The van der Waals surface area contributed by atoms with Gasteiger partial charge in [-0.3, -0.25) is 14.4 Å². The van der Waals surface area contributed by atoms with Crippen molar-refractivity contribution in [3.8, 4) is 0 Å². The van der Waals surface area contributed by atoms with Crippen molar-refractivity contribution in [3.63, 3.8) is 0 Å². The molecular weight excluding hydrogens is 332 g/mol. The number of nitrogens with zero attached hydrogens (tertiary/aromatic N) is 1. The zero-order valence-corrected chi connectivity index (χ0v) is 15.4. The van der Waals surface area contributed by atoms with Crippen LogP contribution >= 0.6 is 0 Å². The molecule has 0 spiro atoms. The molecule has 0 aromatic heterocycles. The van der Waals surface area contributed by atoms with Crippen molar-refractivity contribution in [1.29, 1.82) is 0 Å². The van der Waals surface area contributed by atoms with Gasteiger partial charge in [-0.1, -0.05) is 12.2 Å². The lowest BCUT2D eigenvalue weighted by molar-refractivity contribution is -0.151. The van der Waals surface area contributed by atoms with Gasteiger partial charge in [-0.15, -0.1) is 0 Å². The molecule has 2 rings (SSSR count). The van der Waals surface area contributed by atoms with Crippen molar-refractivity contribution >= 4 is 23.5 Å². The van der Waals surface area contributed by atoms with Gasteiger partial charge >= 0.3 is 5.97 Å². The molecule has 0 radical (unpaired) electrons. The van der Waals surface area contributed by atoms with Gasteiger partial charge in [0.05, 0.1) is 5.92 Å². The molecule has 1 atom stereocenters. The molecule has 6 heteroatoms. The Morgan fingerprint density at radius 2 is 1.81 bits per heavy atom. The summed E-state index contributed by atoms with van der Waals surface area (Å²) in [5.74, 6) is -0.918. The number of benzene rings is 1. The van der Waals surface area contributed by atoms with Crippen LogP contribution in [-0.2, 0) is 14.3 Å². The first-order chi connectivity index (χ1) is 12.5. The summed E-state index contributed by atoms with van der Waals surface area (Å²) in [5, 5.41) is 2.67. The Bertz CT molecular complexity index is 663. The second-order valence-corrected chi connectivity index (χ2v) is 6.19. The molecule has 1 N–H and O–H groups in total. The molecule has 0 aliphatic heterocycles. The Hall–Kier alpha value is -2.63. The molecule has 26 heavy (non-hydrogen) atoms. The maximum atomic E-state index is 12.2. The van der Waals surface area contributed by atoms with Gasteiger partial charge in [0.2, 0.25) is 0 Å². The van der Waals surface area contributed by atoms with Crippen molar-refractivity contribution < 1.29 is 19.1 Å². The molecule has 6 nitrogen and oxygen atoms in total. The first kappa shape index (κ1) is 19.7. The summed E-state index contributed by atoms with van der Waals surface area (Å²) in [6.07, 6.45) is 6.31. The van der Waals surface area contributed by atoms with E-state index >= 15 is 0 Å². The molecular formula is C20H26N2O4. The van der Waals surface area contributed by atoms with Gasteiger partial charge in [0, 0.05) is 24.3 Å². The Morgan fingerprint density at radius 3 is 2.38 bits per heavy atom. The Labute approximate surface area is 154 Å². The summed E-state index contributed by atoms with van der Waals surface area (Å²) in [7, 11) is 0. The highest BCUT2D eigenvalue weighted by Crippen LogP contribution is 2.19. The van der Waals surface area contributed by atoms with Crippen LogP contribution in [-0.4, -0.2) is 42.4 Å². The lowest BCUT2D eigenvalue weighted by Crippen LogP contribution is -2.30. The van der Waals surface area contributed by atoms with E-state index in [-0.39, 0.29) is 24.4 Å². The second-order valence-electron chi connectivity index (χ2n) is 6.19. The Morgan fingerprint density at radius 1 is 1.12 bits per heavy atom. The van der Waals surface area contributed by atoms with E-state index in [1.165, 1.54) is 0 Å². The van der Waals surface area contributed by atoms with Crippen LogP contribution in [0.3, 0.4) is 0 Å². The maximum Gasteiger partial charge on any atom is 0.309 e. The number of nitrogens with one attached hydrogen (secondary N) is 1. The third kappa shape index (κ3) is 5.44. The standard InChI is InChI=1S/C20H26N2O4/c1-3-22(4-2)19(24)15-10-12-17(13-11-15)21-18(23)14-26-20(25)16-8-6-5-7-9-16/h5-6,10-13,16H,3-4,7-9,14H2,1-2H3,(H,21,23)/t16-/m1/s1. The fourth-order valence-corrected chi connectivity index (χ4v) is 2.85. The van der Waals surface area contributed by atoms with Gasteiger partial charge in [-0.05, 0) is 57.4 Å². The molecule has 0 unspecified atom stereocenters. The molecule has 2 amide bonds. The smallest absolute Gasteiger partial charge is 0.309 e. The normalized spacial score (nSPS) is 16.0. The number of amides is 2. The van der Waals surface area contributed by atoms with E-state index in [4.69, 9.17) is 4.74 Å². The van der Waals surface area contributed by atoms with Crippen LogP contribution < -0.4 is 5.32 Å². The molecule has 140 valence electrons. The average Bonchev–Trinajstić information content (AvgIpc) is 2.68. The second kappa shape index (κ2) is 9.75. The Kier molecular flexibility index (Phi) is 7.38. The monoisotopic (exact) mass is 358 g/mol. The zero-order chi connectivity index (χ0) is 18.9. The number of hydrogen-bond donors (Lipinski definition) is 1. The SMILES string of the molecule is CCN(CC)C(=O)c1ccc(NC(=O)COC(=O)[C@@H]2CC=CCC2)cc1. The number of ether oxygens (including phenoxy) is 1. The van der Waals surface area contributed by atoms with Gasteiger partial charge in [0.15, 0.2) is 6.61 Å². The topological polar surface area (TPSA) is 75.7 Å². The van der Waals surface area contributed by atoms with Crippen LogP contribution in [0.4, 0.5) is 5.69 Å². The summed E-state index contributed by atoms with van der Waals surface area (Å²) in [6, 6.07) is 6.69. The van der Waals surface area contributed by atoms with Crippen molar-refractivity contribution in [1.82, 2.24) is 4.90 Å². The molecule has 1 aromatic carbocycles. The van der Waals surface area contributed by atoms with Crippen LogP contribution in [0.1, 0.15) is 43.5 Å². The average molecular weight is 358 g/mol. The fraction of sp³-hybridized carbons (Fsp3) is 0.450. The van der Waals surface area contributed by atoms with Crippen LogP contribution in [0.5, 0.6) is 0 Å². The van der Waals surface area contributed by atoms with Gasteiger partial charge in [-0.2, -0.15) is 0 Å². The molecule has 1 aliphatic carbocycles. The highest BCUT2D eigenvalue weighted by Gasteiger charge is 2.21. The number of esters is 1. The number of carbonyl (C=O) groups is 3. The van der Waals surface area contributed by atoms with E-state index in [1.54, 1.807) is 29.2 Å². The third-order valence-electron chi connectivity index (χ3n) is 4.41. The quantitative estimate of drug-likeness (QED) is 0.600. The molecule has 0 bridgehead atoms. The zero-order valence-electron chi connectivity index (χ0n) is 15.4. The van der Waals surface area contributed by atoms with E-state index in [1.807, 2.05) is 26.0 Å². The van der Waals surface area contributed by atoms with Crippen LogP contribution in [0, 0.1) is 5.92 Å². The number of allylic oxidation sites excluding steroid dienone is 2. The number of rotatable bonds is 7. The summed E-state index contributed by atoms with van der Waals surface area (Å²) in [4.78, 5) is 37.8. The first-order valence-corrected chi connectivity index (χ1v) is 9.06. The van der Waals surface area contributed by atoms with Crippen molar-refractivity contribution in [2.24, 2.45) is 5.92 Å². The molecule has 0 saturated carbocycles. The van der Waals surface area contributed by atoms with Crippen LogP contribution in [0.15, 0.2) is 36.4 Å². The van der Waals surface area contributed by atoms with Gasteiger partial charge in [-0.25, -0.2) is 0 Å². The summed E-state index contributed by atoms with van der Waals surface area (Å²) in [6.45, 7) is 4.85. The van der Waals surface area contributed by atoms with Crippen molar-refractivity contribution in [2.75, 3.05) is 25.0 Å². The fourth-order valence-electron chi connectivity index (χ4n) is 2.85. The van der Waals surface area contributed by atoms with E-state index in [0.29, 0.717) is 30.8 Å². The van der Waals surface area contributed by atoms with Crippen LogP contribution in [0.25, 0.3) is 0 Å². The van der Waals surface area contributed by atoms with Gasteiger partial charge < -0.3 is 15.0 Å². The predicted octanol–water partition coefficient (Wildman–Crippen LogP) is 3.01. The molecule has 0 saturated heterocycles. The van der Waals surface area contributed by atoms with Gasteiger partial charge in [0.1, 0.15) is 0 Å². The lowest BCUT2D eigenvalue weighted by Gasteiger charge is -2.18.